The fourth-order valence-electron chi connectivity index (χ4n) is 4.40. The molecule has 11 heteroatoms. The molecule has 2 N–H and O–H groups in total. The monoisotopic (exact) mass is 620 g/mol. The Balaban J connectivity index is 1.96. The summed E-state index contributed by atoms with van der Waals surface area (Å²) in [6.45, 7) is 7.51. The Bertz CT molecular complexity index is 1840. The number of hydrogen-bond donors (Lipinski definition) is 2. The van der Waals surface area contributed by atoms with E-state index in [0.29, 0.717) is 37.6 Å². The van der Waals surface area contributed by atoms with Crippen molar-refractivity contribution in [3.05, 3.63) is 84.3 Å². The Morgan fingerprint density at radius 3 is 2.56 bits per heavy atom. The van der Waals surface area contributed by atoms with Gasteiger partial charge in [-0.15, -0.1) is 0 Å². The van der Waals surface area contributed by atoms with Gasteiger partial charge in [0.25, 0.3) is 0 Å². The number of nitrogens with one attached hydrogen (secondary N) is 1. The summed E-state index contributed by atoms with van der Waals surface area (Å²) >= 11 is 8.77. The number of aryl methyl sites for hydroxylation is 1. The maximum absolute atomic E-state index is 14.0. The van der Waals surface area contributed by atoms with Crippen molar-refractivity contribution in [1.29, 1.82) is 0 Å². The summed E-state index contributed by atoms with van der Waals surface area (Å²) in [7, 11) is 3.73. The molecule has 4 aromatic rings. The van der Waals surface area contributed by atoms with Crippen LogP contribution in [-0.4, -0.2) is 35.1 Å². The summed E-state index contributed by atoms with van der Waals surface area (Å²) in [5.41, 5.74) is 0.714. The van der Waals surface area contributed by atoms with Gasteiger partial charge in [0.15, 0.2) is 0 Å². The molecule has 0 radical (unpaired) electrons. The van der Waals surface area contributed by atoms with E-state index in [-0.39, 0.29) is 27.9 Å². The van der Waals surface area contributed by atoms with Crippen molar-refractivity contribution >= 4 is 47.0 Å². The van der Waals surface area contributed by atoms with E-state index in [1.165, 1.54) is 0 Å². The van der Waals surface area contributed by atoms with Crippen molar-refractivity contribution in [1.82, 2.24) is 9.88 Å². The van der Waals surface area contributed by atoms with Crippen molar-refractivity contribution in [2.24, 2.45) is 0 Å². The van der Waals surface area contributed by atoms with E-state index in [1.807, 2.05) is 38.2 Å². The summed E-state index contributed by atoms with van der Waals surface area (Å²) in [6.07, 6.45) is -2.24. The molecule has 2 aromatic heterocycles. The molecular formula is C30H27ClF3N3O3V. The number of hydrogen-bond acceptors (Lipinski definition) is 5. The van der Waals surface area contributed by atoms with Crippen LogP contribution in [0.2, 0.25) is 5.02 Å². The van der Waals surface area contributed by atoms with Crippen LogP contribution in [0.25, 0.3) is 35.1 Å². The first-order chi connectivity index (χ1) is 19.2. The van der Waals surface area contributed by atoms with Crippen molar-refractivity contribution < 1.29 is 44.5 Å². The molecule has 41 heavy (non-hydrogen) atoms. The Labute approximate surface area is 248 Å². The molecule has 4 rings (SSSR count). The maximum atomic E-state index is 14.0. The normalized spacial score (nSPS) is 12.9. The topological polar surface area (TPSA) is 78.6 Å². The zero-order chi connectivity index (χ0) is 30.2. The van der Waals surface area contributed by atoms with Gasteiger partial charge in [0, 0.05) is 0 Å². The Hall–Kier alpha value is -3.53. The molecule has 0 aliphatic carbocycles. The number of carboxylic acids is 1. The summed E-state index contributed by atoms with van der Waals surface area (Å²) in [5, 5.41) is 14.8. The van der Waals surface area contributed by atoms with E-state index in [1.54, 1.807) is 31.2 Å². The van der Waals surface area contributed by atoms with Crippen molar-refractivity contribution in [3.8, 4) is 11.3 Å². The third-order valence-corrected chi connectivity index (χ3v) is 7.38. The second kappa shape index (κ2) is 11.8. The molecule has 2 heterocycles. The molecule has 2 aromatic carbocycles. The number of aromatic nitrogens is 1. The number of carbonyl (C=O) groups is 1. The first kappa shape index (κ1) is 30.4. The van der Waals surface area contributed by atoms with Crippen LogP contribution in [0.1, 0.15) is 47.2 Å². The van der Waals surface area contributed by atoms with Gasteiger partial charge < -0.3 is 0 Å². The summed E-state index contributed by atoms with van der Waals surface area (Å²) < 4.78 is 48.7. The van der Waals surface area contributed by atoms with Crippen LogP contribution in [0.5, 0.6) is 0 Å². The number of carboxylic acid groups (broad SMARTS) is 1. The van der Waals surface area contributed by atoms with E-state index in [9.17, 15) is 23.1 Å². The first-order valence-electron chi connectivity index (χ1n) is 12.6. The number of nitrogens with zero attached hydrogens (tertiary/aromatic N) is 2. The molecule has 1 atom stereocenters. The van der Waals surface area contributed by atoms with Gasteiger partial charge in [-0.05, 0) is 0 Å². The van der Waals surface area contributed by atoms with E-state index in [4.69, 9.17) is 16.0 Å². The van der Waals surface area contributed by atoms with Crippen LogP contribution in [0.4, 0.5) is 18.9 Å². The van der Waals surface area contributed by atoms with Gasteiger partial charge in [-0.3, -0.25) is 0 Å². The summed E-state index contributed by atoms with van der Waals surface area (Å²) in [4.78, 5) is 17.9. The summed E-state index contributed by atoms with van der Waals surface area (Å²) in [6, 6.07) is 9.70. The number of halogens is 4. The number of pyridine rings is 1. The van der Waals surface area contributed by atoms with Gasteiger partial charge >= 0.3 is 249 Å². The van der Waals surface area contributed by atoms with Gasteiger partial charge in [0.2, 0.25) is 0 Å². The molecule has 0 aliphatic heterocycles. The standard InChI is InChI=1S/C30H27ClF3N3O3.V/c1-6-22-8-9-25(27(36-22)29(38)39)35-17(3)23-14-21(30(32,33)34)12-18-7-10-26(40-28(18)23)19-11-20(15-37(4)5)16(2)24(31)13-19;/h8-15,17,35H,2,6H2,1,3-5H3,(H,38,39);/b20-15-;. The minimum absolute atomic E-state index is 0.179. The van der Waals surface area contributed by atoms with Crippen LogP contribution >= 0.6 is 11.6 Å². The van der Waals surface area contributed by atoms with E-state index in [2.05, 4.69) is 33.9 Å². The first-order valence-corrected chi connectivity index (χ1v) is 13.6. The SMILES string of the molecule is C=c1c(Cl)cc(-c2c[c](=[V])c3cc(C(F)(F)F)cc(C(C)Nc4ccc(CC)nc4C(=O)O)c3o2)c/c1=C/N(C)C. The van der Waals surface area contributed by atoms with Gasteiger partial charge in [0.05, 0.1) is 0 Å². The van der Waals surface area contributed by atoms with Crippen LogP contribution in [0, 0.1) is 3.87 Å². The van der Waals surface area contributed by atoms with Crippen molar-refractivity contribution in [3.63, 3.8) is 0 Å². The third-order valence-electron chi connectivity index (χ3n) is 6.47. The molecular weight excluding hydrogens is 594 g/mol. The molecule has 0 amide bonds. The number of rotatable bonds is 7. The fraction of sp³-hybridized carbons (Fsp3) is 0.233. The molecule has 0 bridgehead atoms. The predicted molar refractivity (Wildman–Crippen MR) is 150 cm³/mol. The van der Waals surface area contributed by atoms with E-state index < -0.39 is 23.8 Å². The summed E-state index contributed by atoms with van der Waals surface area (Å²) in [5.74, 6) is -0.864. The molecule has 0 aliphatic rings. The van der Waals surface area contributed by atoms with Gasteiger partial charge in [0.1, 0.15) is 0 Å². The third kappa shape index (κ3) is 6.53. The number of aromatic carboxylic acids is 1. The fourth-order valence-corrected chi connectivity index (χ4v) is 5.07. The molecule has 0 spiro atoms. The van der Waals surface area contributed by atoms with Crippen LogP contribution < -0.4 is 15.8 Å². The molecule has 213 valence electrons. The number of benzene rings is 2. The molecule has 0 saturated carbocycles. The van der Waals surface area contributed by atoms with Crippen LogP contribution in [0.15, 0.2) is 46.9 Å². The van der Waals surface area contributed by atoms with Gasteiger partial charge in [-0.2, -0.15) is 0 Å². The quantitative estimate of drug-likeness (QED) is 0.249. The van der Waals surface area contributed by atoms with Gasteiger partial charge in [-0.25, -0.2) is 0 Å². The minimum atomic E-state index is -4.62. The van der Waals surface area contributed by atoms with Crippen molar-refractivity contribution in [2.75, 3.05) is 19.4 Å². The van der Waals surface area contributed by atoms with Gasteiger partial charge in [-0.1, -0.05) is 0 Å². The number of fused-ring (bicyclic) bond motifs is 1. The second-order valence-corrected chi connectivity index (χ2v) is 10.9. The predicted octanol–water partition coefficient (Wildman–Crippen LogP) is 6.39. The molecule has 1 unspecified atom stereocenters. The van der Waals surface area contributed by atoms with Crippen LogP contribution in [0.3, 0.4) is 0 Å². The van der Waals surface area contributed by atoms with E-state index >= 15 is 0 Å². The average molecular weight is 621 g/mol. The van der Waals surface area contributed by atoms with E-state index in [0.717, 1.165) is 17.4 Å². The zero-order valence-corrected chi connectivity index (χ0v) is 24.9. The van der Waals surface area contributed by atoms with Crippen molar-refractivity contribution in [2.45, 2.75) is 32.5 Å². The Morgan fingerprint density at radius 2 is 1.95 bits per heavy atom. The zero-order valence-electron chi connectivity index (χ0n) is 22.7. The molecule has 0 fully saturated rings. The molecule has 0 saturated heterocycles. The average Bonchev–Trinajstić information content (AvgIpc) is 2.89. The number of anilines is 1. The number of alkyl halides is 3. The Morgan fingerprint density at radius 1 is 1.24 bits per heavy atom. The van der Waals surface area contributed by atoms with Crippen LogP contribution in [-0.2, 0) is 29.6 Å². The second-order valence-electron chi connectivity index (χ2n) is 9.78. The molecule has 6 nitrogen and oxygen atoms in total. The Kier molecular flexibility index (Phi) is 8.73.